The maximum absolute atomic E-state index is 14.0. The third kappa shape index (κ3) is 5.25. The molecule has 2 N–H and O–H groups in total. The molecule has 4 heterocycles. The van der Waals surface area contributed by atoms with Crippen LogP contribution in [0.25, 0.3) is 21.1 Å². The number of aliphatic carboxylic acids is 1. The molecule has 5 aromatic rings. The molecule has 0 saturated heterocycles. The highest BCUT2D eigenvalue weighted by molar-refractivity contribution is 7.17. The van der Waals surface area contributed by atoms with E-state index in [2.05, 4.69) is 15.3 Å². The van der Waals surface area contributed by atoms with Crippen molar-refractivity contribution in [2.45, 2.75) is 44.6 Å². The van der Waals surface area contributed by atoms with Crippen molar-refractivity contribution < 1.29 is 32.9 Å². The molecule has 0 bridgehead atoms. The number of carbonyl (C=O) groups is 1. The van der Waals surface area contributed by atoms with Crippen LogP contribution in [0.4, 0.5) is 13.2 Å². The van der Waals surface area contributed by atoms with Crippen molar-refractivity contribution in [2.75, 3.05) is 6.54 Å². The van der Waals surface area contributed by atoms with Gasteiger partial charge >= 0.3 is 12.1 Å². The molecule has 218 valence electrons. The van der Waals surface area contributed by atoms with E-state index in [4.69, 9.17) is 4.74 Å². The van der Waals surface area contributed by atoms with Gasteiger partial charge < -0.3 is 14.9 Å². The molecule has 2 aromatic carbocycles. The Morgan fingerprint density at radius 2 is 2.02 bits per heavy atom. The molecular formula is C29H26F3N5O4S. The van der Waals surface area contributed by atoms with Crippen molar-refractivity contribution in [2.24, 2.45) is 7.05 Å². The average molecular weight is 598 g/mol. The quantitative estimate of drug-likeness (QED) is 0.263. The largest absolute Gasteiger partial charge is 0.493 e. The normalized spacial score (nSPS) is 16.7. The van der Waals surface area contributed by atoms with Gasteiger partial charge in [0.1, 0.15) is 17.0 Å². The minimum atomic E-state index is -4.62. The first kappa shape index (κ1) is 27.9. The van der Waals surface area contributed by atoms with E-state index in [0.29, 0.717) is 5.52 Å². The third-order valence-electron chi connectivity index (χ3n) is 7.63. The molecule has 0 aliphatic carbocycles. The number of carboxylic acid groups (broad SMARTS) is 1. The first-order valence-corrected chi connectivity index (χ1v) is 14.0. The molecule has 0 fully saturated rings. The highest BCUT2D eigenvalue weighted by Gasteiger charge is 2.44. The van der Waals surface area contributed by atoms with Crippen LogP contribution in [-0.2, 0) is 24.9 Å². The Labute approximate surface area is 241 Å². The molecule has 6 rings (SSSR count). The van der Waals surface area contributed by atoms with Gasteiger partial charge in [-0.05, 0) is 64.2 Å². The second-order valence-corrected chi connectivity index (χ2v) is 11.4. The summed E-state index contributed by atoms with van der Waals surface area (Å²) in [6, 6.07) is 12.0. The molecule has 13 heteroatoms. The first-order valence-electron chi connectivity index (χ1n) is 13.1. The van der Waals surface area contributed by atoms with Gasteiger partial charge in [0, 0.05) is 43.4 Å². The van der Waals surface area contributed by atoms with Crippen molar-refractivity contribution in [1.29, 1.82) is 0 Å². The van der Waals surface area contributed by atoms with Crippen molar-refractivity contribution in [3.8, 4) is 11.6 Å². The number of thiophene rings is 1. The summed E-state index contributed by atoms with van der Waals surface area (Å²) in [5, 5.41) is 30.9. The smallest absolute Gasteiger partial charge is 0.426 e. The maximum Gasteiger partial charge on any atom is 0.426 e. The fourth-order valence-corrected chi connectivity index (χ4v) is 6.53. The van der Waals surface area contributed by atoms with Crippen LogP contribution in [0.2, 0.25) is 0 Å². The minimum absolute atomic E-state index is 0.0222. The molecule has 0 amide bonds. The van der Waals surface area contributed by atoms with E-state index >= 15 is 0 Å². The molecule has 1 aliphatic rings. The van der Waals surface area contributed by atoms with E-state index in [0.717, 1.165) is 37.9 Å². The number of carboxylic acids is 1. The predicted molar refractivity (Wildman–Crippen MR) is 150 cm³/mol. The average Bonchev–Trinajstić information content (AvgIpc) is 3.50. The number of aromatic nitrogens is 4. The Morgan fingerprint density at radius 1 is 1.21 bits per heavy atom. The van der Waals surface area contributed by atoms with Gasteiger partial charge in [0.15, 0.2) is 0 Å². The molecule has 1 unspecified atom stereocenters. The molecule has 1 aliphatic heterocycles. The maximum atomic E-state index is 14.0. The summed E-state index contributed by atoms with van der Waals surface area (Å²) in [6.45, 7) is 1.59. The van der Waals surface area contributed by atoms with Gasteiger partial charge in [0.05, 0.1) is 11.9 Å². The lowest BCUT2D eigenvalue weighted by Gasteiger charge is -2.26. The highest BCUT2D eigenvalue weighted by atomic mass is 32.1. The molecule has 2 atom stereocenters. The number of hydrogen-bond acceptors (Lipinski definition) is 8. The van der Waals surface area contributed by atoms with Gasteiger partial charge in [0.25, 0.3) is 0 Å². The van der Waals surface area contributed by atoms with Gasteiger partial charge in [-0.15, -0.1) is 16.4 Å². The van der Waals surface area contributed by atoms with E-state index in [1.165, 1.54) is 23.5 Å². The van der Waals surface area contributed by atoms with Gasteiger partial charge in [-0.2, -0.15) is 13.2 Å². The molecule has 9 nitrogen and oxygen atoms in total. The van der Waals surface area contributed by atoms with E-state index in [1.807, 2.05) is 42.6 Å². The fourth-order valence-electron chi connectivity index (χ4n) is 5.64. The lowest BCUT2D eigenvalue weighted by molar-refractivity contribution is -0.198. The molecular weight excluding hydrogens is 571 g/mol. The summed E-state index contributed by atoms with van der Waals surface area (Å²) in [5.41, 5.74) is 4.81. The van der Waals surface area contributed by atoms with Crippen LogP contribution in [-0.4, -0.2) is 59.9 Å². The zero-order valence-corrected chi connectivity index (χ0v) is 23.4. The molecule has 0 spiro atoms. The fraction of sp³-hybridized carbons (Fsp3) is 0.310. The van der Waals surface area contributed by atoms with Crippen LogP contribution in [0.5, 0.6) is 11.6 Å². The Bertz CT molecular complexity index is 1820. The number of fused-ring (bicyclic) bond motifs is 3. The number of aryl methyl sites for hydroxylation is 2. The standard InChI is InChI=1S/C29H26F3N5O4S/c1-15-19(3-4-22-27(15)34-35-36(22)2)20(11-26(39)40)17-9-16-7-8-42-28(16)18(10-17)12-37-13-21-23(5-6-25(38)33-21)41-24(14-37)29(30,31)32/h3-10,20,24H,11-14H2,1-2H3,(H,33,38)(H,39,40)/t20?,24-/m0/s1. The number of hydrogen-bond donors (Lipinski definition) is 2. The van der Waals surface area contributed by atoms with Gasteiger partial charge in [-0.3, -0.25) is 9.69 Å². The summed E-state index contributed by atoms with van der Waals surface area (Å²) in [6.07, 6.45) is -6.90. The number of halogens is 3. The number of pyridine rings is 1. The van der Waals surface area contributed by atoms with Crippen LogP contribution >= 0.6 is 11.3 Å². The number of alkyl halides is 3. The van der Waals surface area contributed by atoms with Crippen LogP contribution in [0.1, 0.15) is 40.3 Å². The number of ether oxygens (including phenoxy) is 1. The van der Waals surface area contributed by atoms with Crippen molar-refractivity contribution in [3.05, 3.63) is 75.8 Å². The number of aromatic hydroxyl groups is 1. The topological polar surface area (TPSA) is 114 Å². The zero-order valence-electron chi connectivity index (χ0n) is 22.6. The molecule has 42 heavy (non-hydrogen) atoms. The van der Waals surface area contributed by atoms with Crippen molar-refractivity contribution in [1.82, 2.24) is 24.9 Å². The highest BCUT2D eigenvalue weighted by Crippen LogP contribution is 2.38. The molecule has 0 radical (unpaired) electrons. The Morgan fingerprint density at radius 3 is 2.79 bits per heavy atom. The number of benzene rings is 2. The zero-order chi connectivity index (χ0) is 29.8. The Hall–Kier alpha value is -4.23. The van der Waals surface area contributed by atoms with E-state index < -0.39 is 30.7 Å². The first-order chi connectivity index (χ1) is 20.0. The number of nitrogens with zero attached hydrogens (tertiary/aromatic N) is 5. The third-order valence-corrected chi connectivity index (χ3v) is 8.64. The minimum Gasteiger partial charge on any atom is -0.493 e. The summed E-state index contributed by atoms with van der Waals surface area (Å²) in [5.74, 6) is -1.85. The van der Waals surface area contributed by atoms with Crippen molar-refractivity contribution in [3.63, 3.8) is 0 Å². The monoisotopic (exact) mass is 597 g/mol. The van der Waals surface area contributed by atoms with Crippen LogP contribution in [0.3, 0.4) is 0 Å². The lowest BCUT2D eigenvalue weighted by Crippen LogP contribution is -2.42. The van der Waals surface area contributed by atoms with E-state index in [-0.39, 0.29) is 36.8 Å². The predicted octanol–water partition coefficient (Wildman–Crippen LogP) is 5.52. The molecule has 0 saturated carbocycles. The van der Waals surface area contributed by atoms with Crippen LogP contribution in [0, 0.1) is 6.92 Å². The summed E-state index contributed by atoms with van der Waals surface area (Å²) in [4.78, 5) is 17.7. The molecule has 3 aromatic heterocycles. The second-order valence-electron chi connectivity index (χ2n) is 10.5. The van der Waals surface area contributed by atoms with E-state index in [9.17, 15) is 28.2 Å². The summed E-state index contributed by atoms with van der Waals surface area (Å²) >= 11 is 1.47. The Balaban J connectivity index is 1.43. The summed E-state index contributed by atoms with van der Waals surface area (Å²) < 4.78 is 49.7. The van der Waals surface area contributed by atoms with E-state index in [1.54, 1.807) is 16.6 Å². The lowest BCUT2D eigenvalue weighted by atomic mass is 9.84. The van der Waals surface area contributed by atoms with Crippen LogP contribution < -0.4 is 4.74 Å². The van der Waals surface area contributed by atoms with Crippen LogP contribution in [0.15, 0.2) is 47.8 Å². The second kappa shape index (κ2) is 10.6. The van der Waals surface area contributed by atoms with Gasteiger partial charge in [0.2, 0.25) is 12.0 Å². The van der Waals surface area contributed by atoms with Gasteiger partial charge in [-0.25, -0.2) is 9.67 Å². The SMILES string of the molecule is Cc1c(C(CC(=O)O)c2cc(CN3Cc4nc(O)ccc4O[C@H](C(F)(F)F)C3)c3sccc3c2)ccc2c1nnn2C. The van der Waals surface area contributed by atoms with Crippen molar-refractivity contribution >= 4 is 38.4 Å². The summed E-state index contributed by atoms with van der Waals surface area (Å²) in [7, 11) is 1.78. The Kier molecular flexibility index (Phi) is 7.01. The van der Waals surface area contributed by atoms with Gasteiger partial charge in [-0.1, -0.05) is 17.3 Å². The number of rotatable bonds is 6.